The van der Waals surface area contributed by atoms with Crippen LogP contribution in [-0.4, -0.2) is 30.2 Å². The summed E-state index contributed by atoms with van der Waals surface area (Å²) >= 11 is 1.35. The van der Waals surface area contributed by atoms with Gasteiger partial charge in [0, 0.05) is 23.4 Å². The quantitative estimate of drug-likeness (QED) is 0.235. The molecule has 3 aromatic rings. The number of benzene rings is 3. The van der Waals surface area contributed by atoms with Crippen molar-refractivity contribution in [3.63, 3.8) is 0 Å². The number of non-ortho nitro benzene ring substituents is 1. The number of amides is 1. The van der Waals surface area contributed by atoms with Gasteiger partial charge in [-0.15, -0.1) is 0 Å². The van der Waals surface area contributed by atoms with Gasteiger partial charge in [-0.3, -0.25) is 19.8 Å². The van der Waals surface area contributed by atoms with Crippen LogP contribution in [0.3, 0.4) is 0 Å². The summed E-state index contributed by atoms with van der Waals surface area (Å²) in [6, 6.07) is 21.0. The third kappa shape index (κ3) is 5.36. The van der Waals surface area contributed by atoms with E-state index in [2.05, 4.69) is 4.99 Å². The molecule has 1 atom stereocenters. The monoisotopic (exact) mass is 489 g/mol. The Kier molecular flexibility index (Phi) is 7.17. The molecular formula is C26H23N3O5S. The van der Waals surface area contributed by atoms with Crippen molar-refractivity contribution in [1.29, 1.82) is 0 Å². The maximum atomic E-state index is 13.5. The lowest BCUT2D eigenvalue weighted by Gasteiger charge is -2.20. The third-order valence-electron chi connectivity index (χ3n) is 5.39. The van der Waals surface area contributed by atoms with Gasteiger partial charge in [0.1, 0.15) is 17.2 Å². The zero-order valence-corrected chi connectivity index (χ0v) is 20.2. The molecule has 1 aliphatic rings. The van der Waals surface area contributed by atoms with Crippen molar-refractivity contribution in [2.24, 2.45) is 4.99 Å². The van der Waals surface area contributed by atoms with E-state index in [0.717, 1.165) is 11.1 Å². The smallest absolute Gasteiger partial charge is 0.283 e. The highest BCUT2D eigenvalue weighted by atomic mass is 32.2. The molecule has 0 fully saturated rings. The van der Waals surface area contributed by atoms with E-state index in [1.807, 2.05) is 43.3 Å². The second kappa shape index (κ2) is 10.4. The number of carbonyl (C=O) groups is 1. The first kappa shape index (κ1) is 24.0. The van der Waals surface area contributed by atoms with E-state index in [1.54, 1.807) is 50.6 Å². The molecule has 0 saturated carbocycles. The van der Waals surface area contributed by atoms with Gasteiger partial charge < -0.3 is 9.47 Å². The van der Waals surface area contributed by atoms with E-state index in [4.69, 9.17) is 9.47 Å². The van der Waals surface area contributed by atoms with Crippen LogP contribution in [0.1, 0.15) is 23.3 Å². The van der Waals surface area contributed by atoms with Crippen molar-refractivity contribution in [1.82, 2.24) is 0 Å². The number of rotatable bonds is 7. The van der Waals surface area contributed by atoms with Crippen LogP contribution in [0, 0.1) is 10.1 Å². The molecule has 35 heavy (non-hydrogen) atoms. The molecule has 3 aromatic carbocycles. The summed E-state index contributed by atoms with van der Waals surface area (Å²) in [5.41, 5.74) is 2.49. The summed E-state index contributed by atoms with van der Waals surface area (Å²) in [5, 5.41) is 11.5. The zero-order valence-electron chi connectivity index (χ0n) is 19.4. The van der Waals surface area contributed by atoms with Gasteiger partial charge in [0.25, 0.3) is 11.6 Å². The molecule has 0 radical (unpaired) electrons. The van der Waals surface area contributed by atoms with E-state index in [1.165, 1.54) is 22.7 Å². The molecule has 0 spiro atoms. The molecule has 9 heteroatoms. The van der Waals surface area contributed by atoms with Crippen molar-refractivity contribution >= 4 is 40.3 Å². The van der Waals surface area contributed by atoms with Crippen LogP contribution >= 0.6 is 11.8 Å². The second-order valence-corrected chi connectivity index (χ2v) is 8.96. The Hall–Kier alpha value is -4.11. The summed E-state index contributed by atoms with van der Waals surface area (Å²) in [7, 11) is 3.16. The van der Waals surface area contributed by atoms with E-state index in [9.17, 15) is 14.9 Å². The minimum atomic E-state index is -0.421. The number of nitro groups is 1. The Morgan fingerprint density at radius 1 is 1.00 bits per heavy atom. The predicted molar refractivity (Wildman–Crippen MR) is 138 cm³/mol. The van der Waals surface area contributed by atoms with E-state index >= 15 is 0 Å². The van der Waals surface area contributed by atoms with Gasteiger partial charge in [0.15, 0.2) is 5.17 Å². The van der Waals surface area contributed by atoms with Crippen molar-refractivity contribution in [3.05, 3.63) is 99.7 Å². The molecule has 0 saturated heterocycles. The summed E-state index contributed by atoms with van der Waals surface area (Å²) in [6.45, 7) is 1.92. The van der Waals surface area contributed by atoms with Gasteiger partial charge >= 0.3 is 0 Å². The number of nitrogens with zero attached hydrogens (tertiary/aromatic N) is 3. The number of hydrogen-bond donors (Lipinski definition) is 0. The molecule has 1 unspecified atom stereocenters. The highest BCUT2D eigenvalue weighted by Gasteiger charge is 2.33. The van der Waals surface area contributed by atoms with E-state index < -0.39 is 4.92 Å². The van der Waals surface area contributed by atoms with Crippen molar-refractivity contribution in [2.75, 3.05) is 19.1 Å². The fraction of sp³-hybridized carbons (Fsp3) is 0.154. The maximum absolute atomic E-state index is 13.5. The number of anilines is 1. The van der Waals surface area contributed by atoms with Crippen LogP contribution in [0.25, 0.3) is 6.08 Å². The van der Waals surface area contributed by atoms with Gasteiger partial charge in [0.05, 0.1) is 24.8 Å². The van der Waals surface area contributed by atoms with E-state index in [0.29, 0.717) is 22.4 Å². The Labute approximate surface area is 207 Å². The van der Waals surface area contributed by atoms with Gasteiger partial charge in [-0.05, 0) is 48.4 Å². The average molecular weight is 490 g/mol. The van der Waals surface area contributed by atoms with E-state index in [-0.39, 0.29) is 22.5 Å². The first-order valence-electron chi connectivity index (χ1n) is 10.7. The number of amidine groups is 1. The summed E-state index contributed by atoms with van der Waals surface area (Å²) in [4.78, 5) is 30.5. The van der Waals surface area contributed by atoms with Crippen LogP contribution < -0.4 is 14.4 Å². The van der Waals surface area contributed by atoms with Crippen molar-refractivity contribution in [2.45, 2.75) is 12.2 Å². The molecular weight excluding hydrogens is 466 g/mol. The molecule has 1 heterocycles. The Morgan fingerprint density at radius 3 is 2.40 bits per heavy atom. The highest BCUT2D eigenvalue weighted by Crippen LogP contribution is 2.38. The fourth-order valence-electron chi connectivity index (χ4n) is 3.53. The molecule has 178 valence electrons. The standard InChI is InChI=1S/C26H23N3O5S/c1-17(19-6-4-8-21(15-19)29(31)32)35-26-27-24(14-18-10-12-22(33-2)13-11-18)25(30)28(26)20-7-5-9-23(16-20)34-3/h4-17H,1-3H3/b24-14-. The number of thioether (sulfide) groups is 1. The topological polar surface area (TPSA) is 94.3 Å². The fourth-order valence-corrected chi connectivity index (χ4v) is 4.57. The Bertz CT molecular complexity index is 1320. The van der Waals surface area contributed by atoms with Crippen LogP contribution in [-0.2, 0) is 4.79 Å². The number of hydrogen-bond acceptors (Lipinski definition) is 7. The van der Waals surface area contributed by atoms with Crippen molar-refractivity contribution < 1.29 is 19.2 Å². The second-order valence-electron chi connectivity index (χ2n) is 7.65. The summed E-state index contributed by atoms with van der Waals surface area (Å²) in [5.74, 6) is 1.05. The molecule has 1 aliphatic heterocycles. The number of ether oxygens (including phenoxy) is 2. The zero-order chi connectivity index (χ0) is 24.9. The first-order valence-corrected chi connectivity index (χ1v) is 11.6. The van der Waals surface area contributed by atoms with Crippen LogP contribution in [0.15, 0.2) is 83.5 Å². The van der Waals surface area contributed by atoms with Crippen LogP contribution in [0.4, 0.5) is 11.4 Å². The van der Waals surface area contributed by atoms with Gasteiger partial charge in [-0.25, -0.2) is 4.99 Å². The Balaban J connectivity index is 1.70. The lowest BCUT2D eigenvalue weighted by Crippen LogP contribution is -2.30. The van der Waals surface area contributed by atoms with Crippen molar-refractivity contribution in [3.8, 4) is 11.5 Å². The van der Waals surface area contributed by atoms with Gasteiger partial charge in [-0.2, -0.15) is 0 Å². The number of nitro benzene ring substituents is 1. The molecule has 0 N–H and O–H groups in total. The third-order valence-corrected chi connectivity index (χ3v) is 6.50. The number of carbonyl (C=O) groups excluding carboxylic acids is 1. The minimum Gasteiger partial charge on any atom is -0.497 e. The predicted octanol–water partition coefficient (Wildman–Crippen LogP) is 5.85. The minimum absolute atomic E-state index is 0.0177. The summed E-state index contributed by atoms with van der Waals surface area (Å²) < 4.78 is 10.5. The molecule has 1 amide bonds. The van der Waals surface area contributed by atoms with Gasteiger partial charge in [0.2, 0.25) is 0 Å². The highest BCUT2D eigenvalue weighted by molar-refractivity contribution is 8.14. The molecule has 0 aromatic heterocycles. The maximum Gasteiger partial charge on any atom is 0.283 e. The molecule has 8 nitrogen and oxygen atoms in total. The summed E-state index contributed by atoms with van der Waals surface area (Å²) in [6.07, 6.45) is 1.72. The number of methoxy groups -OCH3 is 2. The normalized spacial score (nSPS) is 15.2. The largest absolute Gasteiger partial charge is 0.497 e. The SMILES string of the molecule is COc1ccc(/C=C2\N=C(SC(C)c3cccc([N+](=O)[O-])c3)N(c3cccc(OC)c3)C2=O)cc1. The lowest BCUT2D eigenvalue weighted by molar-refractivity contribution is -0.384. The Morgan fingerprint density at radius 2 is 1.71 bits per heavy atom. The van der Waals surface area contributed by atoms with Gasteiger partial charge in [-0.1, -0.05) is 42.1 Å². The average Bonchev–Trinajstić information content (AvgIpc) is 3.18. The molecule has 0 aliphatic carbocycles. The van der Waals surface area contributed by atoms with Crippen LogP contribution in [0.2, 0.25) is 0 Å². The number of aliphatic imine (C=N–C) groups is 1. The van der Waals surface area contributed by atoms with Crippen LogP contribution in [0.5, 0.6) is 11.5 Å². The lowest BCUT2D eigenvalue weighted by atomic mass is 10.1. The first-order chi connectivity index (χ1) is 16.9. The molecule has 0 bridgehead atoms. The molecule has 4 rings (SSSR count).